The summed E-state index contributed by atoms with van der Waals surface area (Å²) in [7, 11) is -3.63. The number of amides is 2. The molecule has 0 aliphatic carbocycles. The Morgan fingerprint density at radius 3 is 2.83 bits per heavy atom. The van der Waals surface area contributed by atoms with Crippen LogP contribution in [0.5, 0.6) is 0 Å². The van der Waals surface area contributed by atoms with Crippen molar-refractivity contribution in [2.75, 3.05) is 18.0 Å². The van der Waals surface area contributed by atoms with Crippen molar-refractivity contribution >= 4 is 27.5 Å². The molecule has 3 rings (SSSR count). The zero-order valence-electron chi connectivity index (χ0n) is 12.8. The fourth-order valence-corrected chi connectivity index (χ4v) is 4.13. The fourth-order valence-electron chi connectivity index (χ4n) is 3.00. The van der Waals surface area contributed by atoms with E-state index in [1.54, 1.807) is 17.0 Å². The van der Waals surface area contributed by atoms with E-state index in [0.29, 0.717) is 25.8 Å². The van der Waals surface area contributed by atoms with Crippen LogP contribution in [-0.2, 0) is 26.0 Å². The van der Waals surface area contributed by atoms with Gasteiger partial charge in [-0.1, -0.05) is 0 Å². The number of nitrogens with one attached hydrogen (secondary N) is 2. The third-order valence-corrected chi connectivity index (χ3v) is 5.66. The van der Waals surface area contributed by atoms with Crippen LogP contribution in [0.3, 0.4) is 0 Å². The first-order chi connectivity index (χ1) is 10.9. The normalized spacial score (nSPS) is 20.5. The maximum absolute atomic E-state index is 12.4. The predicted octanol–water partition coefficient (Wildman–Crippen LogP) is 0.153. The molecule has 1 fully saturated rings. The Kier molecular flexibility index (Phi) is 4.11. The van der Waals surface area contributed by atoms with E-state index in [1.807, 2.05) is 0 Å². The molecule has 2 aliphatic rings. The van der Waals surface area contributed by atoms with Crippen LogP contribution in [0, 0.1) is 0 Å². The van der Waals surface area contributed by atoms with Crippen molar-refractivity contribution in [1.82, 2.24) is 10.0 Å². The summed E-state index contributed by atoms with van der Waals surface area (Å²) >= 11 is 0. The van der Waals surface area contributed by atoms with E-state index >= 15 is 0 Å². The molecule has 7 nitrogen and oxygen atoms in total. The number of sulfonamides is 1. The molecule has 2 N–H and O–H groups in total. The number of benzene rings is 1. The molecule has 0 spiro atoms. The third kappa shape index (κ3) is 3.23. The van der Waals surface area contributed by atoms with Crippen molar-refractivity contribution in [3.8, 4) is 0 Å². The van der Waals surface area contributed by atoms with Gasteiger partial charge >= 0.3 is 0 Å². The molecule has 1 unspecified atom stereocenters. The van der Waals surface area contributed by atoms with Crippen LogP contribution in [0.25, 0.3) is 0 Å². The van der Waals surface area contributed by atoms with Gasteiger partial charge in [0.05, 0.1) is 4.90 Å². The van der Waals surface area contributed by atoms with E-state index in [4.69, 9.17) is 0 Å². The van der Waals surface area contributed by atoms with Gasteiger partial charge < -0.3 is 10.2 Å². The lowest BCUT2D eigenvalue weighted by molar-refractivity contribution is -0.119. The Morgan fingerprint density at radius 1 is 1.39 bits per heavy atom. The van der Waals surface area contributed by atoms with E-state index in [1.165, 1.54) is 13.0 Å². The van der Waals surface area contributed by atoms with Crippen molar-refractivity contribution in [3.63, 3.8) is 0 Å². The smallest absolute Gasteiger partial charge is 0.240 e. The van der Waals surface area contributed by atoms with E-state index in [-0.39, 0.29) is 29.3 Å². The minimum Gasteiger partial charge on any atom is -0.352 e. The molecule has 0 radical (unpaired) electrons. The first-order valence-corrected chi connectivity index (χ1v) is 9.05. The lowest BCUT2D eigenvalue weighted by Crippen LogP contribution is -2.38. The minimum absolute atomic E-state index is 0.0453. The Hall–Kier alpha value is -1.93. The molecule has 8 heteroatoms. The van der Waals surface area contributed by atoms with Gasteiger partial charge in [-0.15, -0.1) is 0 Å². The zero-order valence-corrected chi connectivity index (χ0v) is 13.6. The lowest BCUT2D eigenvalue weighted by atomic mass is 10.2. The number of hydrogen-bond acceptors (Lipinski definition) is 4. The number of anilines is 1. The summed E-state index contributed by atoms with van der Waals surface area (Å²) in [5.74, 6) is -0.0921. The van der Waals surface area contributed by atoms with Gasteiger partial charge in [-0.3, -0.25) is 9.59 Å². The van der Waals surface area contributed by atoms with E-state index < -0.39 is 10.0 Å². The second-order valence-electron chi connectivity index (χ2n) is 5.87. The molecule has 1 aromatic rings. The highest BCUT2D eigenvalue weighted by atomic mass is 32.2. The molecule has 0 bridgehead atoms. The first-order valence-electron chi connectivity index (χ1n) is 7.57. The summed E-state index contributed by atoms with van der Waals surface area (Å²) in [5.41, 5.74) is 1.64. The monoisotopic (exact) mass is 337 g/mol. The van der Waals surface area contributed by atoms with Crippen LogP contribution in [-0.4, -0.2) is 39.4 Å². The Balaban J connectivity index is 1.73. The molecular formula is C15H19N3O4S. The highest BCUT2D eigenvalue weighted by Gasteiger charge is 2.26. The number of hydrogen-bond donors (Lipinski definition) is 2. The molecule has 124 valence electrons. The quantitative estimate of drug-likeness (QED) is 0.818. The molecule has 0 saturated carbocycles. The highest BCUT2D eigenvalue weighted by Crippen LogP contribution is 2.30. The second-order valence-corrected chi connectivity index (χ2v) is 7.63. The molecule has 2 aliphatic heterocycles. The van der Waals surface area contributed by atoms with Crippen molar-refractivity contribution < 1.29 is 18.0 Å². The summed E-state index contributed by atoms with van der Waals surface area (Å²) in [6.07, 6.45) is 1.72. The number of rotatable bonds is 4. The van der Waals surface area contributed by atoms with Crippen LogP contribution in [0.15, 0.2) is 23.1 Å². The number of nitrogens with zero attached hydrogens (tertiary/aromatic N) is 1. The van der Waals surface area contributed by atoms with Gasteiger partial charge in [0, 0.05) is 38.2 Å². The average Bonchev–Trinajstić information content (AvgIpc) is 3.10. The van der Waals surface area contributed by atoms with Crippen molar-refractivity contribution in [2.24, 2.45) is 0 Å². The topological polar surface area (TPSA) is 95.6 Å². The SMILES string of the molecule is CC(=O)N1CCc2cc(S(=O)(=O)NCC3CCC(=O)N3)ccc21. The Morgan fingerprint density at radius 2 is 2.17 bits per heavy atom. The van der Waals surface area contributed by atoms with Crippen LogP contribution >= 0.6 is 0 Å². The molecule has 23 heavy (non-hydrogen) atoms. The molecule has 2 heterocycles. The average molecular weight is 337 g/mol. The lowest BCUT2D eigenvalue weighted by Gasteiger charge is -2.15. The van der Waals surface area contributed by atoms with Crippen molar-refractivity contribution in [3.05, 3.63) is 23.8 Å². The first kappa shape index (κ1) is 15.9. The van der Waals surface area contributed by atoms with Crippen LogP contribution in [0.4, 0.5) is 5.69 Å². The van der Waals surface area contributed by atoms with Gasteiger partial charge in [-0.2, -0.15) is 0 Å². The fraction of sp³-hybridized carbons (Fsp3) is 0.467. The molecule has 0 aromatic heterocycles. The van der Waals surface area contributed by atoms with Gasteiger partial charge in [0.15, 0.2) is 0 Å². The summed E-state index contributed by atoms with van der Waals surface area (Å²) in [5, 5.41) is 2.73. The standard InChI is InChI=1S/C15H19N3O4S/c1-10(19)18-7-6-11-8-13(3-4-14(11)18)23(21,22)16-9-12-2-5-15(20)17-12/h3-4,8,12,16H,2,5-7,9H2,1H3,(H,17,20). The van der Waals surface area contributed by atoms with E-state index in [0.717, 1.165) is 11.3 Å². The van der Waals surface area contributed by atoms with Crippen molar-refractivity contribution in [1.29, 1.82) is 0 Å². The van der Waals surface area contributed by atoms with Gasteiger partial charge in [0.25, 0.3) is 0 Å². The molecule has 2 amide bonds. The summed E-state index contributed by atoms with van der Waals surface area (Å²) in [6, 6.07) is 4.65. The van der Waals surface area contributed by atoms with Gasteiger partial charge in [-0.25, -0.2) is 13.1 Å². The van der Waals surface area contributed by atoms with Crippen LogP contribution in [0.2, 0.25) is 0 Å². The second kappa shape index (κ2) is 5.93. The Bertz CT molecular complexity index is 760. The van der Waals surface area contributed by atoms with Gasteiger partial charge in [0.1, 0.15) is 0 Å². The van der Waals surface area contributed by atoms with Crippen molar-refractivity contribution in [2.45, 2.75) is 37.1 Å². The maximum atomic E-state index is 12.4. The van der Waals surface area contributed by atoms with Gasteiger partial charge in [-0.05, 0) is 36.6 Å². The summed E-state index contributed by atoms with van der Waals surface area (Å²) in [6.45, 7) is 2.26. The molecule has 1 saturated heterocycles. The number of carbonyl (C=O) groups is 2. The van der Waals surface area contributed by atoms with E-state index in [2.05, 4.69) is 10.0 Å². The summed E-state index contributed by atoms with van der Waals surface area (Å²) in [4.78, 5) is 24.5. The molecule has 1 atom stereocenters. The van der Waals surface area contributed by atoms with Crippen LogP contribution < -0.4 is 14.9 Å². The third-order valence-electron chi connectivity index (χ3n) is 4.24. The largest absolute Gasteiger partial charge is 0.352 e. The summed E-state index contributed by atoms with van der Waals surface area (Å²) < 4.78 is 27.3. The Labute approximate surface area is 135 Å². The molecule has 1 aromatic carbocycles. The minimum atomic E-state index is -3.63. The van der Waals surface area contributed by atoms with Crippen LogP contribution in [0.1, 0.15) is 25.3 Å². The molecular weight excluding hydrogens is 318 g/mol. The van der Waals surface area contributed by atoms with Gasteiger partial charge in [0.2, 0.25) is 21.8 Å². The number of fused-ring (bicyclic) bond motifs is 1. The predicted molar refractivity (Wildman–Crippen MR) is 84.5 cm³/mol. The maximum Gasteiger partial charge on any atom is 0.240 e. The zero-order chi connectivity index (χ0) is 16.6. The number of carbonyl (C=O) groups excluding carboxylic acids is 2. The van der Waals surface area contributed by atoms with E-state index in [9.17, 15) is 18.0 Å². The highest BCUT2D eigenvalue weighted by molar-refractivity contribution is 7.89.